The van der Waals surface area contributed by atoms with Crippen LogP contribution in [0.3, 0.4) is 0 Å². The van der Waals surface area contributed by atoms with Crippen LogP contribution in [-0.2, 0) is 0 Å². The summed E-state index contributed by atoms with van der Waals surface area (Å²) in [7, 11) is 0.377. The lowest BCUT2D eigenvalue weighted by Crippen LogP contribution is -1.87. The van der Waals surface area contributed by atoms with Crippen molar-refractivity contribution >= 4 is 7.92 Å². The minimum Gasteiger partial charge on any atom is -0.110 e. The smallest absolute Gasteiger partial charge is 0.0328 e. The van der Waals surface area contributed by atoms with E-state index in [1.807, 2.05) is 0 Å². The normalized spacial score (nSPS) is 12.6. The molecule has 1 heteroatoms. The van der Waals surface area contributed by atoms with Gasteiger partial charge in [0.25, 0.3) is 0 Å². The molecule has 0 aliphatic heterocycles. The molecule has 0 heterocycles. The van der Waals surface area contributed by atoms with Gasteiger partial charge in [0.05, 0.1) is 0 Å². The van der Waals surface area contributed by atoms with Crippen LogP contribution in [-0.4, -0.2) is 19.0 Å². The van der Waals surface area contributed by atoms with E-state index in [-0.39, 0.29) is 0 Å². The topological polar surface area (TPSA) is 0 Å². The van der Waals surface area contributed by atoms with Crippen molar-refractivity contribution in [3.63, 3.8) is 0 Å². The van der Waals surface area contributed by atoms with Gasteiger partial charge in [0.15, 0.2) is 0 Å². The fourth-order valence-electron chi connectivity index (χ4n) is 3.44. The average Bonchev–Trinajstić information content (AvgIpc) is 2.60. The summed E-state index contributed by atoms with van der Waals surface area (Å²) in [6, 6.07) is 0. The van der Waals surface area contributed by atoms with Gasteiger partial charge in [-0.2, -0.15) is 0 Å². The maximum absolute atomic E-state index is 2.46. The van der Waals surface area contributed by atoms with Crippen molar-refractivity contribution in [2.75, 3.05) is 19.0 Å². The van der Waals surface area contributed by atoms with Gasteiger partial charge in [-0.15, -0.1) is 7.92 Å². The van der Waals surface area contributed by atoms with Gasteiger partial charge in [-0.1, -0.05) is 123 Å². The summed E-state index contributed by atoms with van der Waals surface area (Å²) in [6.45, 7) is 7.11. The van der Waals surface area contributed by atoms with Crippen LogP contribution in [0.4, 0.5) is 0 Å². The molecule has 0 fully saturated rings. The number of hydrogen-bond donors (Lipinski definition) is 0. The van der Waals surface area contributed by atoms with E-state index in [1.165, 1.54) is 128 Å². The molecule has 0 aliphatic carbocycles. The minimum atomic E-state index is 0.377. The molecule has 0 aliphatic rings. The third-order valence-electron chi connectivity index (χ3n) is 5.43. The van der Waals surface area contributed by atoms with Crippen LogP contribution in [0.25, 0.3) is 0 Å². The Balaban J connectivity index is 2.98. The van der Waals surface area contributed by atoms with Gasteiger partial charge in [0, 0.05) is 0 Å². The first kappa shape index (κ1) is 24.4. The predicted octanol–water partition coefficient (Wildman–Crippen LogP) is 9.16. The minimum absolute atomic E-state index is 0.377. The van der Waals surface area contributed by atoms with Crippen LogP contribution in [0.5, 0.6) is 0 Å². The van der Waals surface area contributed by atoms with Gasteiger partial charge < -0.3 is 0 Å². The predicted molar refractivity (Wildman–Crippen MR) is 117 cm³/mol. The second-order valence-electron chi connectivity index (χ2n) is 7.91. The molecule has 0 bridgehead atoms. The number of unbranched alkanes of at least 4 members (excludes halogenated alkanes) is 17. The standard InChI is InChI=1S/C23H49P/c1-4-6-7-8-9-10-11-12-13-14-15-16-17-18-19-20-21-22-23-24(3)5-2/h4-23H2,1-3H3. The van der Waals surface area contributed by atoms with Crippen molar-refractivity contribution in [3.05, 3.63) is 0 Å². The van der Waals surface area contributed by atoms with Crippen LogP contribution in [0, 0.1) is 0 Å². The first-order valence-electron chi connectivity index (χ1n) is 11.5. The Hall–Kier alpha value is 0.430. The third-order valence-corrected chi connectivity index (χ3v) is 7.59. The van der Waals surface area contributed by atoms with Crippen LogP contribution in [0.1, 0.15) is 129 Å². The molecule has 0 aromatic rings. The van der Waals surface area contributed by atoms with Gasteiger partial charge in [-0.3, -0.25) is 0 Å². The number of hydrogen-bond acceptors (Lipinski definition) is 0. The highest BCUT2D eigenvalue weighted by Crippen LogP contribution is 2.30. The highest BCUT2D eigenvalue weighted by molar-refractivity contribution is 7.56. The van der Waals surface area contributed by atoms with E-state index >= 15 is 0 Å². The van der Waals surface area contributed by atoms with Crippen LogP contribution in [0.15, 0.2) is 0 Å². The molecule has 0 nitrogen and oxygen atoms in total. The summed E-state index contributed by atoms with van der Waals surface area (Å²) in [4.78, 5) is 0. The molecule has 146 valence electrons. The summed E-state index contributed by atoms with van der Waals surface area (Å²) in [6.07, 6.45) is 29.6. The Morgan fingerprint density at radius 3 is 1.00 bits per heavy atom. The monoisotopic (exact) mass is 356 g/mol. The molecule has 0 N–H and O–H groups in total. The lowest BCUT2D eigenvalue weighted by Gasteiger charge is -2.08. The molecule has 1 atom stereocenters. The van der Waals surface area contributed by atoms with E-state index in [0.717, 1.165) is 0 Å². The molecule has 0 spiro atoms. The molecule has 0 aromatic heterocycles. The Morgan fingerprint density at radius 2 is 0.708 bits per heavy atom. The first-order chi connectivity index (χ1) is 11.8. The Bertz CT molecular complexity index is 214. The second-order valence-corrected chi connectivity index (χ2v) is 10.7. The molecule has 1 unspecified atom stereocenters. The van der Waals surface area contributed by atoms with Crippen molar-refractivity contribution in [1.29, 1.82) is 0 Å². The fraction of sp³-hybridized carbons (Fsp3) is 1.00. The maximum atomic E-state index is 2.46. The summed E-state index contributed by atoms with van der Waals surface area (Å²) < 4.78 is 0. The Labute approximate surface area is 156 Å². The average molecular weight is 357 g/mol. The molecule has 0 aromatic carbocycles. The fourth-order valence-corrected chi connectivity index (χ4v) is 4.52. The van der Waals surface area contributed by atoms with E-state index < -0.39 is 0 Å². The van der Waals surface area contributed by atoms with Crippen LogP contribution >= 0.6 is 7.92 Å². The third kappa shape index (κ3) is 20.5. The lowest BCUT2D eigenvalue weighted by atomic mass is 10.0. The molecule has 0 saturated carbocycles. The first-order valence-corrected chi connectivity index (χ1v) is 13.7. The SMILES string of the molecule is CCCCCCCCCCCCCCCCCCCCP(C)CC. The summed E-state index contributed by atoms with van der Waals surface area (Å²) in [5.41, 5.74) is 0. The zero-order valence-electron chi connectivity index (χ0n) is 17.6. The summed E-state index contributed by atoms with van der Waals surface area (Å²) in [5, 5.41) is 0. The highest BCUT2D eigenvalue weighted by Gasteiger charge is 1.98. The lowest BCUT2D eigenvalue weighted by molar-refractivity contribution is 0.526. The maximum Gasteiger partial charge on any atom is -0.0328 e. The van der Waals surface area contributed by atoms with Gasteiger partial charge in [0.1, 0.15) is 0 Å². The van der Waals surface area contributed by atoms with Crippen molar-refractivity contribution in [1.82, 2.24) is 0 Å². The van der Waals surface area contributed by atoms with Crippen molar-refractivity contribution in [2.24, 2.45) is 0 Å². The zero-order chi connectivity index (χ0) is 17.7. The van der Waals surface area contributed by atoms with E-state index in [2.05, 4.69) is 20.5 Å². The van der Waals surface area contributed by atoms with Crippen molar-refractivity contribution in [3.8, 4) is 0 Å². The molecule has 0 saturated heterocycles. The highest BCUT2D eigenvalue weighted by atomic mass is 31.1. The van der Waals surface area contributed by atoms with Gasteiger partial charge >= 0.3 is 0 Å². The largest absolute Gasteiger partial charge is 0.110 e. The van der Waals surface area contributed by atoms with Gasteiger partial charge in [-0.05, 0) is 25.4 Å². The molecule has 0 rings (SSSR count). The van der Waals surface area contributed by atoms with E-state index in [1.54, 1.807) is 0 Å². The second kappa shape index (κ2) is 21.5. The number of rotatable bonds is 20. The summed E-state index contributed by atoms with van der Waals surface area (Å²) in [5.74, 6) is 0. The molecule has 24 heavy (non-hydrogen) atoms. The molecular formula is C23H49P. The van der Waals surface area contributed by atoms with Gasteiger partial charge in [-0.25, -0.2) is 0 Å². The van der Waals surface area contributed by atoms with E-state index in [9.17, 15) is 0 Å². The molecule has 0 amide bonds. The Morgan fingerprint density at radius 1 is 0.417 bits per heavy atom. The van der Waals surface area contributed by atoms with Crippen LogP contribution < -0.4 is 0 Å². The van der Waals surface area contributed by atoms with E-state index in [4.69, 9.17) is 0 Å². The Kier molecular flexibility index (Phi) is 21.9. The van der Waals surface area contributed by atoms with Gasteiger partial charge in [0.2, 0.25) is 0 Å². The zero-order valence-corrected chi connectivity index (χ0v) is 18.5. The van der Waals surface area contributed by atoms with Crippen LogP contribution in [0.2, 0.25) is 0 Å². The molecular weight excluding hydrogens is 307 g/mol. The molecule has 0 radical (unpaired) electrons. The quantitative estimate of drug-likeness (QED) is 0.151. The summed E-state index contributed by atoms with van der Waals surface area (Å²) >= 11 is 0. The van der Waals surface area contributed by atoms with Crippen molar-refractivity contribution < 1.29 is 0 Å². The van der Waals surface area contributed by atoms with Crippen molar-refractivity contribution in [2.45, 2.75) is 129 Å². The van der Waals surface area contributed by atoms with E-state index in [0.29, 0.717) is 7.92 Å².